The average Bonchev–Trinajstić information content (AvgIpc) is 2.65. The Morgan fingerprint density at radius 1 is 1.36 bits per heavy atom. The monoisotopic (exact) mass is 277 g/mol. The number of halogens is 1. The Balaban J connectivity index is 1.87. The van der Waals surface area contributed by atoms with Gasteiger partial charge in [-0.15, -0.1) is 11.8 Å². The molecule has 2 nitrogen and oxygen atoms in total. The van der Waals surface area contributed by atoms with Crippen molar-refractivity contribution in [1.82, 2.24) is 4.90 Å². The summed E-state index contributed by atoms with van der Waals surface area (Å²) in [6.07, 6.45) is 4.72. The van der Waals surface area contributed by atoms with Crippen molar-refractivity contribution >= 4 is 33.6 Å². The fourth-order valence-corrected chi connectivity index (χ4v) is 3.89. The van der Waals surface area contributed by atoms with Crippen LogP contribution in [0.5, 0.6) is 0 Å². The van der Waals surface area contributed by atoms with Crippen LogP contribution < -0.4 is 0 Å². The van der Waals surface area contributed by atoms with E-state index in [-0.39, 0.29) is 5.25 Å². The van der Waals surface area contributed by atoms with E-state index in [1.807, 2.05) is 16.7 Å². The third-order valence-corrected chi connectivity index (χ3v) is 5.01. The van der Waals surface area contributed by atoms with Gasteiger partial charge in [0.15, 0.2) is 0 Å². The van der Waals surface area contributed by atoms with Gasteiger partial charge in [0.2, 0.25) is 5.91 Å². The van der Waals surface area contributed by atoms with Gasteiger partial charge in [-0.2, -0.15) is 0 Å². The molecule has 2 rings (SSSR count). The van der Waals surface area contributed by atoms with Crippen LogP contribution in [0.25, 0.3) is 0 Å². The van der Waals surface area contributed by atoms with Crippen molar-refractivity contribution in [2.75, 3.05) is 18.8 Å². The molecular weight excluding hydrogens is 262 g/mol. The first kappa shape index (κ1) is 10.8. The highest BCUT2D eigenvalue weighted by Gasteiger charge is 2.30. The Kier molecular flexibility index (Phi) is 3.77. The highest BCUT2D eigenvalue weighted by atomic mass is 79.9. The van der Waals surface area contributed by atoms with Crippen LogP contribution in [0.4, 0.5) is 0 Å². The molecule has 2 saturated heterocycles. The molecule has 0 saturated carbocycles. The van der Waals surface area contributed by atoms with Gasteiger partial charge in [0.1, 0.15) is 0 Å². The zero-order valence-electron chi connectivity index (χ0n) is 8.25. The van der Waals surface area contributed by atoms with E-state index in [1.165, 1.54) is 18.6 Å². The smallest absolute Gasteiger partial charge is 0.235 e. The van der Waals surface area contributed by atoms with E-state index in [0.29, 0.717) is 10.7 Å². The second-order valence-electron chi connectivity index (χ2n) is 4.03. The first-order valence-electron chi connectivity index (χ1n) is 5.32. The summed E-state index contributed by atoms with van der Waals surface area (Å²) < 4.78 is 0. The predicted molar refractivity (Wildman–Crippen MR) is 64.0 cm³/mol. The van der Waals surface area contributed by atoms with Gasteiger partial charge in [0.25, 0.3) is 0 Å². The lowest BCUT2D eigenvalue weighted by Crippen LogP contribution is -2.37. The number of hydrogen-bond donors (Lipinski definition) is 0. The van der Waals surface area contributed by atoms with Crippen LogP contribution >= 0.6 is 27.7 Å². The van der Waals surface area contributed by atoms with E-state index in [4.69, 9.17) is 0 Å². The lowest BCUT2D eigenvalue weighted by Gasteiger charge is -2.25. The number of likely N-dealkylation sites (tertiary alicyclic amines) is 1. The van der Waals surface area contributed by atoms with Gasteiger partial charge in [0, 0.05) is 17.9 Å². The quantitative estimate of drug-likeness (QED) is 0.686. The van der Waals surface area contributed by atoms with Gasteiger partial charge in [-0.05, 0) is 25.0 Å². The highest BCUT2D eigenvalue weighted by molar-refractivity contribution is 9.09. The molecular formula is C10H16BrNOS. The molecule has 2 aliphatic heterocycles. The molecule has 0 spiro atoms. The zero-order valence-corrected chi connectivity index (χ0v) is 10.6. The number of carbonyl (C=O) groups excluding carboxylic acids is 1. The summed E-state index contributed by atoms with van der Waals surface area (Å²) in [4.78, 5) is 14.6. The molecule has 0 N–H and O–H groups in total. The zero-order chi connectivity index (χ0) is 9.97. The van der Waals surface area contributed by atoms with Crippen LogP contribution in [0.2, 0.25) is 0 Å². The molecule has 0 radical (unpaired) electrons. The van der Waals surface area contributed by atoms with Crippen LogP contribution in [0.15, 0.2) is 0 Å². The molecule has 0 bridgehead atoms. The van der Waals surface area contributed by atoms with Crippen LogP contribution in [-0.2, 0) is 4.79 Å². The molecule has 0 aromatic rings. The molecule has 0 aromatic carbocycles. The largest absolute Gasteiger partial charge is 0.341 e. The van der Waals surface area contributed by atoms with Gasteiger partial charge in [-0.3, -0.25) is 4.79 Å². The van der Waals surface area contributed by atoms with Crippen LogP contribution in [0, 0.1) is 0 Å². The fraction of sp³-hybridized carbons (Fsp3) is 0.900. The molecule has 4 heteroatoms. The Morgan fingerprint density at radius 3 is 2.79 bits per heavy atom. The highest BCUT2D eigenvalue weighted by Crippen LogP contribution is 2.28. The number of alkyl halides is 1. The number of nitrogens with zero attached hydrogens (tertiary/aromatic N) is 1. The second-order valence-corrected chi connectivity index (χ2v) is 6.63. The van der Waals surface area contributed by atoms with Crippen molar-refractivity contribution in [2.24, 2.45) is 0 Å². The molecule has 2 heterocycles. The predicted octanol–water partition coefficient (Wildman–Crippen LogP) is 2.27. The summed E-state index contributed by atoms with van der Waals surface area (Å²) in [5.41, 5.74) is 0. The maximum absolute atomic E-state index is 12.0. The Morgan fingerprint density at radius 2 is 2.21 bits per heavy atom. The van der Waals surface area contributed by atoms with E-state index < -0.39 is 0 Å². The Hall–Kier alpha value is 0.300. The van der Waals surface area contributed by atoms with E-state index in [2.05, 4.69) is 15.9 Å². The average molecular weight is 278 g/mol. The van der Waals surface area contributed by atoms with E-state index >= 15 is 0 Å². The topological polar surface area (TPSA) is 20.3 Å². The van der Waals surface area contributed by atoms with E-state index in [9.17, 15) is 4.79 Å². The summed E-state index contributed by atoms with van der Waals surface area (Å²) >= 11 is 5.42. The van der Waals surface area contributed by atoms with Gasteiger partial charge < -0.3 is 4.90 Å². The summed E-state index contributed by atoms with van der Waals surface area (Å²) in [7, 11) is 0. The molecule has 2 fully saturated rings. The van der Waals surface area contributed by atoms with Crippen molar-refractivity contribution < 1.29 is 4.79 Å². The number of rotatable bonds is 1. The fourth-order valence-electron chi connectivity index (χ4n) is 2.06. The van der Waals surface area contributed by atoms with Gasteiger partial charge >= 0.3 is 0 Å². The van der Waals surface area contributed by atoms with Gasteiger partial charge in [-0.1, -0.05) is 22.4 Å². The van der Waals surface area contributed by atoms with Crippen molar-refractivity contribution in [3.05, 3.63) is 0 Å². The molecule has 1 amide bonds. The molecule has 2 aliphatic rings. The van der Waals surface area contributed by atoms with Gasteiger partial charge in [0.05, 0.1) is 5.25 Å². The minimum Gasteiger partial charge on any atom is -0.341 e. The lowest BCUT2D eigenvalue weighted by molar-refractivity contribution is -0.129. The molecule has 2 atom stereocenters. The van der Waals surface area contributed by atoms with E-state index in [1.54, 1.807) is 0 Å². The minimum atomic E-state index is 0.265. The first-order chi connectivity index (χ1) is 6.77. The first-order valence-corrected chi connectivity index (χ1v) is 7.28. The maximum atomic E-state index is 12.0. The molecule has 14 heavy (non-hydrogen) atoms. The van der Waals surface area contributed by atoms with Crippen molar-refractivity contribution in [1.29, 1.82) is 0 Å². The number of thioether (sulfide) groups is 1. The summed E-state index contributed by atoms with van der Waals surface area (Å²) in [5, 5.41) is 0.265. The summed E-state index contributed by atoms with van der Waals surface area (Å²) in [5.74, 6) is 1.55. The molecule has 0 aromatic heterocycles. The third kappa shape index (κ3) is 2.45. The Labute approximate surface area is 97.9 Å². The van der Waals surface area contributed by atoms with E-state index in [0.717, 1.165) is 25.9 Å². The number of carbonyl (C=O) groups is 1. The Bertz CT molecular complexity index is 211. The summed E-state index contributed by atoms with van der Waals surface area (Å²) in [6, 6.07) is 0. The van der Waals surface area contributed by atoms with Gasteiger partial charge in [-0.25, -0.2) is 0 Å². The number of amides is 1. The van der Waals surface area contributed by atoms with Crippen LogP contribution in [-0.4, -0.2) is 39.7 Å². The second kappa shape index (κ2) is 4.88. The van der Waals surface area contributed by atoms with Crippen molar-refractivity contribution in [2.45, 2.75) is 35.8 Å². The third-order valence-electron chi connectivity index (χ3n) is 2.90. The van der Waals surface area contributed by atoms with Crippen LogP contribution in [0.3, 0.4) is 0 Å². The normalized spacial score (nSPS) is 33.4. The molecule has 80 valence electrons. The SMILES string of the molecule is O=C(C1CCCCS1)N1CCC(Br)C1. The summed E-state index contributed by atoms with van der Waals surface area (Å²) in [6.45, 7) is 1.86. The molecule has 2 unspecified atom stereocenters. The standard InChI is InChI=1S/C10H16BrNOS/c11-8-4-5-12(7-8)10(13)9-3-1-2-6-14-9/h8-9H,1-7H2. The number of hydrogen-bond acceptors (Lipinski definition) is 2. The van der Waals surface area contributed by atoms with Crippen LogP contribution in [0.1, 0.15) is 25.7 Å². The molecule has 0 aliphatic carbocycles. The maximum Gasteiger partial charge on any atom is 0.235 e. The van der Waals surface area contributed by atoms with Crippen molar-refractivity contribution in [3.63, 3.8) is 0 Å². The van der Waals surface area contributed by atoms with Crippen molar-refractivity contribution in [3.8, 4) is 0 Å². The minimum absolute atomic E-state index is 0.265. The lowest BCUT2D eigenvalue weighted by atomic mass is 10.2.